The number of nitrogens with one attached hydrogen (secondary N) is 2. The molecule has 0 bridgehead atoms. The van der Waals surface area contributed by atoms with Gasteiger partial charge < -0.3 is 10.3 Å². The molecule has 8 nitrogen and oxygen atoms in total. The summed E-state index contributed by atoms with van der Waals surface area (Å²) in [5, 5.41) is 2.49. The highest BCUT2D eigenvalue weighted by atomic mass is 16.2. The van der Waals surface area contributed by atoms with Gasteiger partial charge in [-0.2, -0.15) is 0 Å². The Kier molecular flexibility index (Phi) is 2.82. The van der Waals surface area contributed by atoms with Crippen molar-refractivity contribution < 1.29 is 4.79 Å². The van der Waals surface area contributed by atoms with E-state index in [0.29, 0.717) is 0 Å². The fourth-order valence-corrected chi connectivity index (χ4v) is 2.23. The third kappa shape index (κ3) is 2.08. The van der Waals surface area contributed by atoms with Crippen LogP contribution in [0.15, 0.2) is 20.4 Å². The van der Waals surface area contributed by atoms with Crippen LogP contribution in [0.3, 0.4) is 0 Å². The van der Waals surface area contributed by atoms with Crippen LogP contribution < -0.4 is 22.0 Å². The van der Waals surface area contributed by atoms with E-state index in [1.807, 2.05) is 0 Å². The van der Waals surface area contributed by atoms with E-state index in [1.165, 1.54) is 18.7 Å². The lowest BCUT2D eigenvalue weighted by atomic mass is 10.3. The predicted octanol–water partition coefficient (Wildman–Crippen LogP) is -0.726. The zero-order chi connectivity index (χ0) is 15.3. The van der Waals surface area contributed by atoms with Gasteiger partial charge in [0.1, 0.15) is 16.9 Å². The van der Waals surface area contributed by atoms with Gasteiger partial charge in [-0.25, -0.2) is 4.79 Å². The summed E-state index contributed by atoms with van der Waals surface area (Å²) in [5.74, 6) is 0.00291. The highest BCUT2D eigenvalue weighted by molar-refractivity contribution is 5.94. The van der Waals surface area contributed by atoms with E-state index in [9.17, 15) is 19.2 Å². The number of fused-ring (bicyclic) bond motifs is 1. The van der Waals surface area contributed by atoms with E-state index in [0.717, 1.165) is 23.5 Å². The zero-order valence-electron chi connectivity index (χ0n) is 11.6. The number of pyridine rings is 1. The molecular formula is C13H14N4O4. The molecule has 2 N–H and O–H groups in total. The summed E-state index contributed by atoms with van der Waals surface area (Å²) in [6, 6.07) is 1.16. The van der Waals surface area contributed by atoms with Crippen molar-refractivity contribution in [1.82, 2.24) is 14.1 Å². The second kappa shape index (κ2) is 4.44. The van der Waals surface area contributed by atoms with E-state index in [1.54, 1.807) is 0 Å². The first-order valence-corrected chi connectivity index (χ1v) is 6.54. The van der Waals surface area contributed by atoms with E-state index in [2.05, 4.69) is 10.3 Å². The van der Waals surface area contributed by atoms with Crippen molar-refractivity contribution in [2.24, 2.45) is 20.0 Å². The summed E-state index contributed by atoms with van der Waals surface area (Å²) < 4.78 is 2.05. The summed E-state index contributed by atoms with van der Waals surface area (Å²) >= 11 is 0. The van der Waals surface area contributed by atoms with Crippen molar-refractivity contribution in [3.8, 4) is 0 Å². The Bertz CT molecular complexity index is 930. The van der Waals surface area contributed by atoms with Crippen LogP contribution in [0, 0.1) is 5.92 Å². The fraction of sp³-hybridized carbons (Fsp3) is 0.385. The number of hydrogen-bond acceptors (Lipinski definition) is 4. The zero-order valence-corrected chi connectivity index (χ0v) is 11.6. The largest absolute Gasteiger partial charge is 0.332 e. The van der Waals surface area contributed by atoms with Crippen molar-refractivity contribution in [1.29, 1.82) is 0 Å². The van der Waals surface area contributed by atoms with Crippen molar-refractivity contribution in [3.63, 3.8) is 0 Å². The van der Waals surface area contributed by atoms with Gasteiger partial charge in [0.25, 0.3) is 5.56 Å². The van der Waals surface area contributed by atoms with Crippen LogP contribution in [0.1, 0.15) is 12.8 Å². The molecule has 2 aromatic heterocycles. The standard InChI is InChI=1S/C13H14N4O4/c1-16-10-9(12(20)17(2)13(16)21)7(18)5-8(14-10)15-11(19)6-3-4-6/h5-6H,3-4H2,1-2H3,(H2,14,15,18,19). The summed E-state index contributed by atoms with van der Waals surface area (Å²) in [7, 11) is 2.76. The SMILES string of the molecule is Cn1c(=O)c2c(=O)cc(NC(=O)C3CC3)[nH]c2n(C)c1=O. The third-order valence-corrected chi connectivity index (χ3v) is 3.65. The van der Waals surface area contributed by atoms with Gasteiger partial charge in [0.15, 0.2) is 5.43 Å². The van der Waals surface area contributed by atoms with Gasteiger partial charge in [0.2, 0.25) is 5.91 Å². The van der Waals surface area contributed by atoms with Crippen molar-refractivity contribution in [3.05, 3.63) is 37.1 Å². The third-order valence-electron chi connectivity index (χ3n) is 3.65. The molecule has 1 fully saturated rings. The average molecular weight is 290 g/mol. The number of aromatic nitrogens is 3. The topological polar surface area (TPSA) is 106 Å². The van der Waals surface area contributed by atoms with E-state index < -0.39 is 16.7 Å². The maximum absolute atomic E-state index is 12.1. The van der Waals surface area contributed by atoms with Gasteiger partial charge in [-0.05, 0) is 12.8 Å². The van der Waals surface area contributed by atoms with Crippen LogP contribution in [0.5, 0.6) is 0 Å². The number of rotatable bonds is 2. The summed E-state index contributed by atoms with van der Waals surface area (Å²) in [4.78, 5) is 50.5. The molecule has 2 heterocycles. The smallest absolute Gasteiger partial charge is 0.327 e. The molecule has 0 spiro atoms. The monoisotopic (exact) mass is 290 g/mol. The van der Waals surface area contributed by atoms with Gasteiger partial charge in [-0.1, -0.05) is 0 Å². The Morgan fingerprint density at radius 2 is 1.90 bits per heavy atom. The Balaban J connectivity index is 2.24. The highest BCUT2D eigenvalue weighted by Crippen LogP contribution is 2.29. The molecule has 110 valence electrons. The normalized spacial score (nSPS) is 14.4. The molecule has 0 aromatic carbocycles. The molecule has 0 unspecified atom stereocenters. The fourth-order valence-electron chi connectivity index (χ4n) is 2.23. The van der Waals surface area contributed by atoms with E-state index in [4.69, 9.17) is 0 Å². The average Bonchev–Trinajstić information content (AvgIpc) is 3.26. The molecule has 0 atom stereocenters. The van der Waals surface area contributed by atoms with Crippen LogP contribution in [-0.2, 0) is 18.9 Å². The molecule has 8 heteroatoms. The van der Waals surface area contributed by atoms with Gasteiger partial charge >= 0.3 is 5.69 Å². The lowest BCUT2D eigenvalue weighted by molar-refractivity contribution is -0.117. The van der Waals surface area contributed by atoms with Gasteiger partial charge in [0.05, 0.1) is 0 Å². The minimum atomic E-state index is -0.658. The molecule has 0 aliphatic heterocycles. The summed E-state index contributed by atoms with van der Waals surface area (Å²) in [6.07, 6.45) is 1.67. The lowest BCUT2D eigenvalue weighted by Gasteiger charge is -2.09. The van der Waals surface area contributed by atoms with E-state index >= 15 is 0 Å². The number of anilines is 1. The molecule has 2 aromatic rings. The molecule has 1 aliphatic carbocycles. The van der Waals surface area contributed by atoms with Crippen LogP contribution in [0.25, 0.3) is 11.0 Å². The molecule has 1 amide bonds. The van der Waals surface area contributed by atoms with Gasteiger partial charge in [-0.15, -0.1) is 0 Å². The Morgan fingerprint density at radius 3 is 2.52 bits per heavy atom. The maximum atomic E-state index is 12.1. The molecule has 1 saturated carbocycles. The minimum Gasteiger partial charge on any atom is -0.327 e. The van der Waals surface area contributed by atoms with Gasteiger partial charge in [-0.3, -0.25) is 23.5 Å². The first-order chi connectivity index (χ1) is 9.90. The molecule has 1 aliphatic rings. The minimum absolute atomic E-state index is 0.0170. The number of nitrogens with zero attached hydrogens (tertiary/aromatic N) is 2. The maximum Gasteiger partial charge on any atom is 0.332 e. The number of H-pyrrole nitrogens is 1. The second-order valence-corrected chi connectivity index (χ2v) is 5.24. The number of carbonyl (C=O) groups excluding carboxylic acids is 1. The Morgan fingerprint density at radius 1 is 1.24 bits per heavy atom. The molecule has 0 radical (unpaired) electrons. The van der Waals surface area contributed by atoms with Gasteiger partial charge in [0, 0.05) is 26.1 Å². The number of aryl methyl sites for hydroxylation is 1. The first-order valence-electron chi connectivity index (χ1n) is 6.54. The second-order valence-electron chi connectivity index (χ2n) is 5.24. The first kappa shape index (κ1) is 13.3. The molecule has 3 rings (SSSR count). The number of carbonyl (C=O) groups is 1. The van der Waals surface area contributed by atoms with Crippen molar-refractivity contribution in [2.45, 2.75) is 12.8 Å². The summed E-state index contributed by atoms with van der Waals surface area (Å²) in [6.45, 7) is 0. The quantitative estimate of drug-likeness (QED) is 0.760. The number of hydrogen-bond donors (Lipinski definition) is 2. The molecule has 21 heavy (non-hydrogen) atoms. The highest BCUT2D eigenvalue weighted by Gasteiger charge is 2.29. The van der Waals surface area contributed by atoms with Crippen LogP contribution >= 0.6 is 0 Å². The van der Waals surface area contributed by atoms with Crippen LogP contribution in [0.2, 0.25) is 0 Å². The number of amides is 1. The Labute approximate surface area is 118 Å². The van der Waals surface area contributed by atoms with Crippen LogP contribution in [0.4, 0.5) is 5.82 Å². The Hall–Kier alpha value is -2.64. The van der Waals surface area contributed by atoms with Crippen molar-refractivity contribution in [2.75, 3.05) is 5.32 Å². The summed E-state index contributed by atoms with van der Waals surface area (Å²) in [5.41, 5.74) is -1.64. The molecule has 0 saturated heterocycles. The lowest BCUT2D eigenvalue weighted by Crippen LogP contribution is -2.39. The molecular weight excluding hydrogens is 276 g/mol. The van der Waals surface area contributed by atoms with Crippen LogP contribution in [-0.4, -0.2) is 20.0 Å². The number of aromatic amines is 1. The van der Waals surface area contributed by atoms with Crippen molar-refractivity contribution >= 4 is 22.8 Å². The predicted molar refractivity (Wildman–Crippen MR) is 76.4 cm³/mol. The van der Waals surface area contributed by atoms with E-state index in [-0.39, 0.29) is 28.7 Å².